The molecule has 1 atom stereocenters. The second-order valence-corrected chi connectivity index (χ2v) is 11.3. The second-order valence-electron chi connectivity index (χ2n) is 11.3. The van der Waals surface area contributed by atoms with Crippen LogP contribution in [0, 0.1) is 0 Å². The number of carboxylic acids is 1. The molecule has 0 aliphatic rings. The molecule has 0 fully saturated rings. The summed E-state index contributed by atoms with van der Waals surface area (Å²) in [5, 5.41) is 36.0. The van der Waals surface area contributed by atoms with Gasteiger partial charge >= 0.3 is 18.0 Å². The first-order valence-electron chi connectivity index (χ1n) is 15.4. The SMILES string of the molecule is CCNC(=O)CNC(=O)CNC(O)CN(CC(=O)O)C(=O)CNC(=O)CNCCN(CC(=O)OC)C(=O)CNC(=O)CNC(=O)OC(C)(C)C. The largest absolute Gasteiger partial charge is 0.480 e. The van der Waals surface area contributed by atoms with Crippen LogP contribution in [0.2, 0.25) is 0 Å². The number of hydrogen-bond acceptors (Lipinski definition) is 14. The first-order chi connectivity index (χ1) is 23.4. The van der Waals surface area contributed by atoms with E-state index in [4.69, 9.17) is 9.84 Å². The fourth-order valence-corrected chi connectivity index (χ4v) is 3.49. The van der Waals surface area contributed by atoms with E-state index < -0.39 is 111 Å². The number of methoxy groups -OCH3 is 1. The molecule has 0 rings (SSSR count). The van der Waals surface area contributed by atoms with E-state index in [1.807, 2.05) is 0 Å². The van der Waals surface area contributed by atoms with Crippen molar-refractivity contribution in [3.05, 3.63) is 0 Å². The smallest absolute Gasteiger partial charge is 0.408 e. The number of aliphatic carboxylic acids is 1. The highest BCUT2D eigenvalue weighted by atomic mass is 16.6. The van der Waals surface area contributed by atoms with Crippen LogP contribution >= 0.6 is 0 Å². The number of esters is 1. The van der Waals surface area contributed by atoms with Crippen LogP contribution in [0.1, 0.15) is 27.7 Å². The van der Waals surface area contributed by atoms with Crippen LogP contribution in [0.3, 0.4) is 0 Å². The van der Waals surface area contributed by atoms with Crippen molar-refractivity contribution < 1.29 is 62.8 Å². The highest BCUT2D eigenvalue weighted by molar-refractivity contribution is 5.89. The molecule has 0 spiro atoms. The van der Waals surface area contributed by atoms with E-state index in [9.17, 15) is 48.3 Å². The molecular weight excluding hydrogens is 670 g/mol. The van der Waals surface area contributed by atoms with Gasteiger partial charge in [-0.1, -0.05) is 0 Å². The predicted octanol–water partition coefficient (Wildman–Crippen LogP) is -5.59. The molecule has 0 heterocycles. The van der Waals surface area contributed by atoms with E-state index in [0.29, 0.717) is 6.54 Å². The summed E-state index contributed by atoms with van der Waals surface area (Å²) in [5.74, 6) is -6.13. The molecule has 0 aliphatic heterocycles. The number of likely N-dealkylation sites (N-methyl/N-ethyl adjacent to an activating group) is 1. The Morgan fingerprint density at radius 1 is 0.700 bits per heavy atom. The maximum atomic E-state index is 12.6. The van der Waals surface area contributed by atoms with Crippen molar-refractivity contribution >= 4 is 53.5 Å². The molecule has 0 bridgehead atoms. The molecule has 0 saturated heterocycles. The molecule has 284 valence electrons. The lowest BCUT2D eigenvalue weighted by atomic mass is 10.2. The van der Waals surface area contributed by atoms with Gasteiger partial charge in [0.2, 0.25) is 35.4 Å². The number of carboxylic acid groups (broad SMARTS) is 1. The van der Waals surface area contributed by atoms with E-state index in [2.05, 4.69) is 42.0 Å². The first kappa shape index (κ1) is 44.9. The maximum absolute atomic E-state index is 12.6. The third-order valence-corrected chi connectivity index (χ3v) is 5.80. The van der Waals surface area contributed by atoms with Crippen molar-refractivity contribution in [2.45, 2.75) is 39.5 Å². The fraction of sp³-hybridized carbons (Fsp3) is 0.679. The van der Waals surface area contributed by atoms with Gasteiger partial charge in [-0.3, -0.25) is 43.7 Å². The molecule has 0 aromatic rings. The zero-order valence-corrected chi connectivity index (χ0v) is 28.8. The van der Waals surface area contributed by atoms with Gasteiger partial charge < -0.3 is 61.4 Å². The molecule has 1 unspecified atom stereocenters. The summed E-state index contributed by atoms with van der Waals surface area (Å²) in [5.41, 5.74) is -0.775. The Kier molecular flexibility index (Phi) is 21.7. The topological polar surface area (TPSA) is 303 Å². The summed E-state index contributed by atoms with van der Waals surface area (Å²) < 4.78 is 9.60. The Bertz CT molecular complexity index is 1190. The van der Waals surface area contributed by atoms with Crippen LogP contribution in [-0.2, 0) is 47.8 Å². The summed E-state index contributed by atoms with van der Waals surface area (Å²) >= 11 is 0. The van der Waals surface area contributed by atoms with E-state index in [-0.39, 0.29) is 26.2 Å². The van der Waals surface area contributed by atoms with Crippen molar-refractivity contribution in [2.75, 3.05) is 85.6 Å². The monoisotopic (exact) mass is 719 g/mol. The molecule has 0 aromatic carbocycles. The zero-order chi connectivity index (χ0) is 38.3. The van der Waals surface area contributed by atoms with Gasteiger partial charge in [0.25, 0.3) is 0 Å². The molecule has 0 aromatic heterocycles. The molecule has 0 radical (unpaired) electrons. The number of carbonyl (C=O) groups is 9. The lowest BCUT2D eigenvalue weighted by Gasteiger charge is -2.24. The van der Waals surface area contributed by atoms with Gasteiger partial charge in [0.1, 0.15) is 31.5 Å². The molecular formula is C28H49N9O13. The van der Waals surface area contributed by atoms with E-state index in [0.717, 1.165) is 16.9 Å². The minimum Gasteiger partial charge on any atom is -0.480 e. The van der Waals surface area contributed by atoms with E-state index >= 15 is 0 Å². The number of aliphatic hydroxyl groups excluding tert-OH is 1. The summed E-state index contributed by atoms with van der Waals surface area (Å²) in [6.45, 7) is 2.35. The summed E-state index contributed by atoms with van der Waals surface area (Å²) in [7, 11) is 1.12. The van der Waals surface area contributed by atoms with E-state index in [1.54, 1.807) is 27.7 Å². The highest BCUT2D eigenvalue weighted by Gasteiger charge is 2.22. The normalized spacial score (nSPS) is 11.2. The summed E-state index contributed by atoms with van der Waals surface area (Å²) in [6, 6.07) is 0. The van der Waals surface area contributed by atoms with Crippen molar-refractivity contribution in [1.29, 1.82) is 0 Å². The average Bonchev–Trinajstić information content (AvgIpc) is 3.03. The van der Waals surface area contributed by atoms with Gasteiger partial charge in [-0.15, -0.1) is 0 Å². The van der Waals surface area contributed by atoms with Gasteiger partial charge in [-0.2, -0.15) is 0 Å². The number of carbonyl (C=O) groups excluding carboxylic acids is 8. The van der Waals surface area contributed by atoms with Gasteiger partial charge in [-0.25, -0.2) is 4.79 Å². The number of hydrogen-bond donors (Lipinski definition) is 9. The Morgan fingerprint density at radius 2 is 1.22 bits per heavy atom. The Hall–Kier alpha value is -5.09. The Morgan fingerprint density at radius 3 is 1.78 bits per heavy atom. The minimum atomic E-state index is -1.52. The van der Waals surface area contributed by atoms with Crippen LogP contribution in [-0.4, -0.2) is 171 Å². The van der Waals surface area contributed by atoms with Crippen LogP contribution in [0.15, 0.2) is 0 Å². The lowest BCUT2D eigenvalue weighted by molar-refractivity contribution is -0.146. The first-order valence-corrected chi connectivity index (χ1v) is 15.4. The van der Waals surface area contributed by atoms with Gasteiger partial charge in [0.15, 0.2) is 0 Å². The Labute approximate surface area is 288 Å². The van der Waals surface area contributed by atoms with Crippen LogP contribution in [0.5, 0.6) is 0 Å². The summed E-state index contributed by atoms with van der Waals surface area (Å²) in [4.78, 5) is 109. The molecule has 22 nitrogen and oxygen atoms in total. The fourth-order valence-electron chi connectivity index (χ4n) is 3.49. The molecule has 9 N–H and O–H groups in total. The van der Waals surface area contributed by atoms with Crippen LogP contribution in [0.25, 0.3) is 0 Å². The number of aliphatic hydroxyl groups is 1. The lowest BCUT2D eigenvalue weighted by Crippen LogP contribution is -2.51. The third-order valence-electron chi connectivity index (χ3n) is 5.80. The zero-order valence-electron chi connectivity index (χ0n) is 28.8. The van der Waals surface area contributed by atoms with Crippen molar-refractivity contribution in [2.24, 2.45) is 0 Å². The van der Waals surface area contributed by atoms with Gasteiger partial charge in [-0.05, 0) is 27.7 Å². The standard InChI is InChI=1S/C28H49N9O13/c1-6-30-19(39)10-31-20(40)11-32-22(42)15-37(16-25(45)46)24(44)14-33-18(38)9-29-7-8-36(17-26(47)49-5)23(43)13-34-21(41)12-35-27(48)50-28(2,3)4/h22,29,32,42H,6-17H2,1-5H3,(H,30,39)(H,31,40)(H,33,38)(H,34,41)(H,35,48)(H,45,46). The number of alkyl carbamates (subject to hydrolysis) is 1. The van der Waals surface area contributed by atoms with Gasteiger partial charge in [0.05, 0.1) is 46.4 Å². The molecule has 50 heavy (non-hydrogen) atoms. The molecule has 22 heteroatoms. The summed E-state index contributed by atoms with van der Waals surface area (Å²) in [6.07, 6.45) is -2.35. The maximum Gasteiger partial charge on any atom is 0.408 e. The van der Waals surface area contributed by atoms with Gasteiger partial charge in [0, 0.05) is 19.6 Å². The highest BCUT2D eigenvalue weighted by Crippen LogP contribution is 2.06. The van der Waals surface area contributed by atoms with Crippen molar-refractivity contribution in [3.63, 3.8) is 0 Å². The number of nitrogens with zero attached hydrogens (tertiary/aromatic N) is 2. The van der Waals surface area contributed by atoms with Crippen molar-refractivity contribution in [3.8, 4) is 0 Å². The molecule has 0 saturated carbocycles. The number of nitrogens with one attached hydrogen (secondary N) is 7. The number of amides is 7. The quantitative estimate of drug-likeness (QED) is 0.0270. The molecule has 0 aliphatic carbocycles. The average molecular weight is 720 g/mol. The van der Waals surface area contributed by atoms with E-state index in [1.165, 1.54) is 0 Å². The number of rotatable bonds is 23. The van der Waals surface area contributed by atoms with Crippen molar-refractivity contribution in [1.82, 2.24) is 47.0 Å². The predicted molar refractivity (Wildman–Crippen MR) is 172 cm³/mol. The minimum absolute atomic E-state index is 0.0158. The Balaban J connectivity index is 4.76. The van der Waals surface area contributed by atoms with Crippen LogP contribution in [0.4, 0.5) is 4.79 Å². The van der Waals surface area contributed by atoms with Crippen LogP contribution < -0.4 is 37.2 Å². The third kappa shape index (κ3) is 23.3. The molecule has 7 amide bonds. The second kappa shape index (κ2) is 24.1. The number of ether oxygens (including phenoxy) is 2.